The number of rotatable bonds is 6. The van der Waals surface area contributed by atoms with Crippen molar-refractivity contribution in [1.82, 2.24) is 10.2 Å². The van der Waals surface area contributed by atoms with Gasteiger partial charge in [0.15, 0.2) is 0 Å². The summed E-state index contributed by atoms with van der Waals surface area (Å²) in [5.74, 6) is -0.856. The third-order valence-electron chi connectivity index (χ3n) is 2.91. The summed E-state index contributed by atoms with van der Waals surface area (Å²) in [5.41, 5.74) is 0.380. The summed E-state index contributed by atoms with van der Waals surface area (Å²) in [5, 5.41) is 13.8. The molecule has 0 unspecified atom stereocenters. The van der Waals surface area contributed by atoms with E-state index in [1.54, 1.807) is 11.4 Å². The smallest absolute Gasteiger partial charge is 0.336 e. The van der Waals surface area contributed by atoms with Gasteiger partial charge in [0.1, 0.15) is 0 Å². The van der Waals surface area contributed by atoms with Crippen LogP contribution in [0.2, 0.25) is 0 Å². The number of aromatic carboxylic acids is 1. The lowest BCUT2D eigenvalue weighted by molar-refractivity contribution is 0.0384. The third-order valence-corrected chi connectivity index (χ3v) is 3.85. The molecule has 6 heteroatoms. The second-order valence-electron chi connectivity index (χ2n) is 4.24. The number of nitrogens with one attached hydrogen (secondary N) is 1. The Labute approximate surface area is 110 Å². The van der Waals surface area contributed by atoms with Gasteiger partial charge in [-0.05, 0) is 6.07 Å². The molecule has 1 aromatic rings. The highest BCUT2D eigenvalue weighted by atomic mass is 32.1. The molecule has 1 fully saturated rings. The number of nitrogens with zero attached hydrogens (tertiary/aromatic N) is 1. The molecule has 2 rings (SSSR count). The SMILES string of the molecule is O=C(O)c1csc(CNCCN2CCOCC2)c1. The number of hydrogen-bond donors (Lipinski definition) is 2. The standard InChI is InChI=1S/C12H18N2O3S/c15-12(16)10-7-11(18-9-10)8-13-1-2-14-3-5-17-6-4-14/h7,9,13H,1-6,8H2,(H,15,16). The van der Waals surface area contributed by atoms with Crippen LogP contribution < -0.4 is 5.32 Å². The van der Waals surface area contributed by atoms with E-state index in [0.717, 1.165) is 50.8 Å². The lowest BCUT2D eigenvalue weighted by Crippen LogP contribution is -2.40. The van der Waals surface area contributed by atoms with E-state index in [1.807, 2.05) is 0 Å². The third kappa shape index (κ3) is 4.06. The molecule has 0 amide bonds. The molecule has 0 atom stereocenters. The molecule has 18 heavy (non-hydrogen) atoms. The molecule has 1 aliphatic rings. The largest absolute Gasteiger partial charge is 0.478 e. The van der Waals surface area contributed by atoms with Gasteiger partial charge < -0.3 is 15.2 Å². The maximum Gasteiger partial charge on any atom is 0.336 e. The van der Waals surface area contributed by atoms with Gasteiger partial charge in [-0.2, -0.15) is 0 Å². The van der Waals surface area contributed by atoms with Gasteiger partial charge >= 0.3 is 5.97 Å². The molecule has 0 aromatic carbocycles. The van der Waals surface area contributed by atoms with Gasteiger partial charge in [0, 0.05) is 43.0 Å². The topological polar surface area (TPSA) is 61.8 Å². The number of carboxylic acids is 1. The maximum atomic E-state index is 10.7. The minimum Gasteiger partial charge on any atom is -0.478 e. The first-order chi connectivity index (χ1) is 8.75. The number of carbonyl (C=O) groups is 1. The highest BCUT2D eigenvalue weighted by Gasteiger charge is 2.09. The van der Waals surface area contributed by atoms with Crippen molar-refractivity contribution in [1.29, 1.82) is 0 Å². The molecule has 1 aromatic heterocycles. The van der Waals surface area contributed by atoms with Gasteiger partial charge in [0.25, 0.3) is 0 Å². The van der Waals surface area contributed by atoms with Crippen LogP contribution in [0.1, 0.15) is 15.2 Å². The van der Waals surface area contributed by atoms with E-state index < -0.39 is 5.97 Å². The van der Waals surface area contributed by atoms with Gasteiger partial charge in [-0.25, -0.2) is 4.79 Å². The van der Waals surface area contributed by atoms with Gasteiger partial charge in [-0.15, -0.1) is 11.3 Å². The lowest BCUT2D eigenvalue weighted by Gasteiger charge is -2.26. The van der Waals surface area contributed by atoms with Gasteiger partial charge in [-0.3, -0.25) is 4.90 Å². The van der Waals surface area contributed by atoms with Crippen LogP contribution in [0.5, 0.6) is 0 Å². The van der Waals surface area contributed by atoms with Crippen LogP contribution in [-0.4, -0.2) is 55.4 Å². The Morgan fingerprint density at radius 2 is 2.28 bits per heavy atom. The predicted molar refractivity (Wildman–Crippen MR) is 70.2 cm³/mol. The van der Waals surface area contributed by atoms with E-state index in [4.69, 9.17) is 9.84 Å². The molecule has 2 N–H and O–H groups in total. The van der Waals surface area contributed by atoms with Crippen molar-refractivity contribution in [3.8, 4) is 0 Å². The lowest BCUT2D eigenvalue weighted by atomic mass is 10.3. The molecule has 0 spiro atoms. The number of thiophene rings is 1. The molecule has 2 heterocycles. The van der Waals surface area contributed by atoms with Crippen LogP contribution in [0.3, 0.4) is 0 Å². The molecule has 1 saturated heterocycles. The van der Waals surface area contributed by atoms with Crippen molar-refractivity contribution in [3.05, 3.63) is 21.9 Å². The summed E-state index contributed by atoms with van der Waals surface area (Å²) in [7, 11) is 0. The predicted octanol–water partition coefficient (Wildman–Crippen LogP) is 0.868. The quantitative estimate of drug-likeness (QED) is 0.751. The average molecular weight is 270 g/mol. The van der Waals surface area contributed by atoms with E-state index in [9.17, 15) is 4.79 Å². The minimum atomic E-state index is -0.856. The molecule has 1 aliphatic heterocycles. The van der Waals surface area contributed by atoms with Crippen molar-refractivity contribution >= 4 is 17.3 Å². The summed E-state index contributed by atoms with van der Waals surface area (Å²) < 4.78 is 5.28. The first kappa shape index (κ1) is 13.5. The monoisotopic (exact) mass is 270 g/mol. The minimum absolute atomic E-state index is 0.380. The number of ether oxygens (including phenoxy) is 1. The zero-order chi connectivity index (χ0) is 12.8. The van der Waals surface area contributed by atoms with Crippen LogP contribution in [0.15, 0.2) is 11.4 Å². The first-order valence-electron chi connectivity index (χ1n) is 6.07. The summed E-state index contributed by atoms with van der Waals surface area (Å²) in [4.78, 5) is 14.2. The van der Waals surface area contributed by atoms with Crippen molar-refractivity contribution in [2.24, 2.45) is 0 Å². The van der Waals surface area contributed by atoms with Crippen molar-refractivity contribution in [3.63, 3.8) is 0 Å². The molecule has 5 nitrogen and oxygen atoms in total. The first-order valence-corrected chi connectivity index (χ1v) is 6.95. The van der Waals surface area contributed by atoms with E-state index in [0.29, 0.717) is 5.56 Å². The normalized spacial score (nSPS) is 16.9. The van der Waals surface area contributed by atoms with Crippen LogP contribution in [0, 0.1) is 0 Å². The Morgan fingerprint density at radius 1 is 1.50 bits per heavy atom. The molecular weight excluding hydrogens is 252 g/mol. The van der Waals surface area contributed by atoms with Gasteiger partial charge in [0.05, 0.1) is 18.8 Å². The Morgan fingerprint density at radius 3 is 2.94 bits per heavy atom. The summed E-state index contributed by atoms with van der Waals surface area (Å²) in [6.45, 7) is 6.33. The second kappa shape index (κ2) is 6.84. The molecule has 0 saturated carbocycles. The van der Waals surface area contributed by atoms with E-state index >= 15 is 0 Å². The highest BCUT2D eigenvalue weighted by Crippen LogP contribution is 2.14. The Hall–Kier alpha value is -0.950. The van der Waals surface area contributed by atoms with Crippen molar-refractivity contribution < 1.29 is 14.6 Å². The second-order valence-corrected chi connectivity index (χ2v) is 5.23. The van der Waals surface area contributed by atoms with Gasteiger partial charge in [-0.1, -0.05) is 0 Å². The number of carboxylic acid groups (broad SMARTS) is 1. The fourth-order valence-corrected chi connectivity index (χ4v) is 2.69. The molecule has 0 aliphatic carbocycles. The molecule has 0 radical (unpaired) electrons. The van der Waals surface area contributed by atoms with Crippen molar-refractivity contribution in [2.45, 2.75) is 6.54 Å². The number of morpholine rings is 1. The van der Waals surface area contributed by atoms with E-state index in [2.05, 4.69) is 10.2 Å². The molecule has 100 valence electrons. The van der Waals surface area contributed by atoms with E-state index in [1.165, 1.54) is 11.3 Å². The van der Waals surface area contributed by atoms with Crippen LogP contribution in [0.4, 0.5) is 0 Å². The zero-order valence-electron chi connectivity index (χ0n) is 10.2. The Bertz CT molecular complexity index is 388. The van der Waals surface area contributed by atoms with Crippen LogP contribution >= 0.6 is 11.3 Å². The van der Waals surface area contributed by atoms with Gasteiger partial charge in [0.2, 0.25) is 0 Å². The van der Waals surface area contributed by atoms with Crippen molar-refractivity contribution in [2.75, 3.05) is 39.4 Å². The molecule has 0 bridgehead atoms. The number of hydrogen-bond acceptors (Lipinski definition) is 5. The molecular formula is C12H18N2O3S. The highest BCUT2D eigenvalue weighted by molar-refractivity contribution is 7.10. The Balaban J connectivity index is 1.63. The Kier molecular flexibility index (Phi) is 5.12. The van der Waals surface area contributed by atoms with Crippen LogP contribution in [-0.2, 0) is 11.3 Å². The summed E-state index contributed by atoms with van der Waals surface area (Å²) in [6.07, 6.45) is 0. The van der Waals surface area contributed by atoms with E-state index in [-0.39, 0.29) is 0 Å². The fourth-order valence-electron chi connectivity index (χ4n) is 1.86. The zero-order valence-corrected chi connectivity index (χ0v) is 11.0. The fraction of sp³-hybridized carbons (Fsp3) is 0.583. The van der Waals surface area contributed by atoms with Crippen LogP contribution in [0.25, 0.3) is 0 Å². The average Bonchev–Trinajstić information content (AvgIpc) is 2.85. The summed E-state index contributed by atoms with van der Waals surface area (Å²) >= 11 is 1.49. The maximum absolute atomic E-state index is 10.7. The summed E-state index contributed by atoms with van der Waals surface area (Å²) in [6, 6.07) is 1.73.